The average molecular weight is 1150 g/mol. The molecule has 462 valence electrons. The summed E-state index contributed by atoms with van der Waals surface area (Å²) in [5.41, 5.74) is 14.7. The highest BCUT2D eigenvalue weighted by molar-refractivity contribution is 6.07. The Morgan fingerprint density at radius 3 is 0.631 bits per heavy atom. The topological polar surface area (TPSA) is 112 Å². The molecule has 6 nitrogen and oxygen atoms in total. The van der Waals surface area contributed by atoms with Crippen LogP contribution in [0.1, 0.15) is 376 Å². The lowest BCUT2D eigenvalue weighted by atomic mass is 9.63. The second-order valence-electron chi connectivity index (χ2n) is 26.8. The minimum Gasteiger partial charge on any atom is -0.478 e. The molecule has 0 radical (unpaired) electrons. The maximum absolute atomic E-state index is 13.6. The number of fused-ring (bicyclic) bond motifs is 12. The molecule has 0 aliphatic heterocycles. The van der Waals surface area contributed by atoms with Crippen molar-refractivity contribution in [3.63, 3.8) is 0 Å². The summed E-state index contributed by atoms with van der Waals surface area (Å²) in [7, 11) is 0. The van der Waals surface area contributed by atoms with Gasteiger partial charge in [0.15, 0.2) is 0 Å². The van der Waals surface area contributed by atoms with Gasteiger partial charge in [0.1, 0.15) is 0 Å². The highest BCUT2D eigenvalue weighted by atomic mass is 16.4. The maximum Gasteiger partial charge on any atom is 0.335 e. The molecule has 6 heteroatoms. The first-order valence-corrected chi connectivity index (χ1v) is 35.4. The third-order valence-corrected chi connectivity index (χ3v) is 20.8. The molecule has 4 aromatic carbocycles. The summed E-state index contributed by atoms with van der Waals surface area (Å²) in [6.07, 6.45) is 47.4. The van der Waals surface area contributed by atoms with Gasteiger partial charge in [0, 0.05) is 16.2 Å². The molecular formula is C78H114O6. The predicted molar refractivity (Wildman–Crippen MR) is 354 cm³/mol. The fraction of sp³-hybridized carbons (Fsp3) is 0.654. The molecule has 0 bridgehead atoms. The summed E-state index contributed by atoms with van der Waals surface area (Å²) in [4.78, 5) is 40.7. The van der Waals surface area contributed by atoms with E-state index in [0.29, 0.717) is 16.7 Å². The second-order valence-corrected chi connectivity index (χ2v) is 26.8. The van der Waals surface area contributed by atoms with Crippen LogP contribution in [0.3, 0.4) is 0 Å². The molecule has 0 spiro atoms. The summed E-state index contributed by atoms with van der Waals surface area (Å²) in [5, 5.41) is 33.3. The summed E-state index contributed by atoms with van der Waals surface area (Å²) in [6, 6.07) is 18.6. The quantitative estimate of drug-likeness (QED) is 0.0380. The predicted octanol–water partition coefficient (Wildman–Crippen LogP) is 24.1. The number of carboxylic acid groups (broad SMARTS) is 3. The number of carboxylic acids is 3. The Balaban J connectivity index is 1.68. The zero-order chi connectivity index (χ0) is 60.0. The molecule has 3 aliphatic rings. The summed E-state index contributed by atoms with van der Waals surface area (Å²) < 4.78 is 0. The van der Waals surface area contributed by atoms with Crippen molar-refractivity contribution in [3.8, 4) is 33.4 Å². The van der Waals surface area contributed by atoms with Crippen molar-refractivity contribution in [3.05, 3.63) is 105 Å². The zero-order valence-corrected chi connectivity index (χ0v) is 54.0. The van der Waals surface area contributed by atoms with E-state index < -0.39 is 34.2 Å². The van der Waals surface area contributed by atoms with Gasteiger partial charge in [-0.3, -0.25) is 0 Å². The monoisotopic (exact) mass is 1150 g/mol. The summed E-state index contributed by atoms with van der Waals surface area (Å²) in [5.74, 6) is -2.68. The first-order chi connectivity index (χ1) is 41.0. The van der Waals surface area contributed by atoms with Gasteiger partial charge >= 0.3 is 17.9 Å². The highest BCUT2D eigenvalue weighted by Crippen LogP contribution is 2.71. The molecule has 4 aromatic rings. The lowest BCUT2D eigenvalue weighted by Crippen LogP contribution is -2.31. The molecule has 3 N–H and O–H groups in total. The molecule has 0 heterocycles. The molecule has 0 aromatic heterocycles. The van der Waals surface area contributed by atoms with Crippen molar-refractivity contribution in [1.29, 1.82) is 0 Å². The van der Waals surface area contributed by atoms with Gasteiger partial charge in [0.2, 0.25) is 0 Å². The van der Waals surface area contributed by atoms with Gasteiger partial charge in [-0.1, -0.05) is 291 Å². The van der Waals surface area contributed by atoms with Crippen molar-refractivity contribution in [2.75, 3.05) is 0 Å². The Hall–Kier alpha value is -4.71. The highest BCUT2D eigenvalue weighted by Gasteiger charge is 2.58. The van der Waals surface area contributed by atoms with Crippen LogP contribution >= 0.6 is 0 Å². The first kappa shape index (κ1) is 66.8. The molecule has 0 fully saturated rings. The van der Waals surface area contributed by atoms with Crippen LogP contribution in [0.5, 0.6) is 0 Å². The van der Waals surface area contributed by atoms with Gasteiger partial charge in [0.05, 0.1) is 16.7 Å². The number of carbonyl (C=O) groups is 3. The van der Waals surface area contributed by atoms with Crippen molar-refractivity contribution < 1.29 is 29.7 Å². The largest absolute Gasteiger partial charge is 0.478 e. The van der Waals surface area contributed by atoms with E-state index in [0.717, 1.165) is 116 Å². The van der Waals surface area contributed by atoms with Crippen molar-refractivity contribution >= 4 is 17.9 Å². The number of benzene rings is 4. The molecule has 0 amide bonds. The minimum atomic E-state index is -0.894. The number of hydrogen-bond acceptors (Lipinski definition) is 3. The van der Waals surface area contributed by atoms with Gasteiger partial charge in [-0.15, -0.1) is 0 Å². The Morgan fingerprint density at radius 1 is 0.274 bits per heavy atom. The van der Waals surface area contributed by atoms with E-state index >= 15 is 0 Å². The van der Waals surface area contributed by atoms with E-state index in [9.17, 15) is 29.7 Å². The van der Waals surface area contributed by atoms with Gasteiger partial charge in [-0.25, -0.2) is 14.4 Å². The normalized spacial score (nSPS) is 14.5. The van der Waals surface area contributed by atoms with Crippen molar-refractivity contribution in [2.45, 2.75) is 327 Å². The lowest BCUT2D eigenvalue weighted by molar-refractivity contribution is 0.0686. The number of aromatic carboxylic acids is 3. The third-order valence-electron chi connectivity index (χ3n) is 20.8. The lowest BCUT2D eigenvalue weighted by Gasteiger charge is -2.40. The van der Waals surface area contributed by atoms with E-state index in [4.69, 9.17) is 0 Å². The van der Waals surface area contributed by atoms with E-state index in [1.54, 1.807) is 0 Å². The number of unbranched alkanes of at least 4 members (excludes halogenated alkanes) is 30. The smallest absolute Gasteiger partial charge is 0.335 e. The molecule has 0 saturated carbocycles. The Bertz CT molecular complexity index is 2380. The SMILES string of the molecule is CCCCCCCCC1(CCCCCCCC)c2cc(C(=O)O)ccc2-c2c1c1c(c3c2C(CCCCCCCC)(CCCCCCCC)c2cc(C(=O)O)ccc2-3)C(CCCCCCCC)(CCCCCCCC)c2cc(C(=O)O)ccc2-1. The van der Waals surface area contributed by atoms with Gasteiger partial charge in [-0.2, -0.15) is 0 Å². The van der Waals surface area contributed by atoms with E-state index in [-0.39, 0.29) is 0 Å². The molecular weight excluding hydrogens is 1030 g/mol. The van der Waals surface area contributed by atoms with E-state index in [1.807, 2.05) is 18.2 Å². The van der Waals surface area contributed by atoms with E-state index in [1.165, 1.54) is 221 Å². The molecule has 0 saturated heterocycles. The summed E-state index contributed by atoms with van der Waals surface area (Å²) >= 11 is 0. The average Bonchev–Trinajstić information content (AvgIpc) is 1.50. The van der Waals surface area contributed by atoms with E-state index in [2.05, 4.69) is 77.9 Å². The molecule has 3 aliphatic carbocycles. The second kappa shape index (κ2) is 33.4. The van der Waals surface area contributed by atoms with Crippen molar-refractivity contribution in [2.24, 2.45) is 0 Å². The van der Waals surface area contributed by atoms with Crippen LogP contribution in [-0.2, 0) is 16.2 Å². The molecule has 0 atom stereocenters. The molecule has 0 unspecified atom stereocenters. The van der Waals surface area contributed by atoms with Crippen LogP contribution in [0.4, 0.5) is 0 Å². The Labute approximate surface area is 510 Å². The van der Waals surface area contributed by atoms with Crippen LogP contribution in [0, 0.1) is 0 Å². The molecule has 84 heavy (non-hydrogen) atoms. The minimum absolute atomic E-state index is 0.344. The van der Waals surface area contributed by atoms with Gasteiger partial charge < -0.3 is 15.3 Å². The number of hydrogen-bond donors (Lipinski definition) is 3. The third kappa shape index (κ3) is 15.2. The van der Waals surface area contributed by atoms with Crippen LogP contribution < -0.4 is 0 Å². The Morgan fingerprint density at radius 2 is 0.452 bits per heavy atom. The maximum atomic E-state index is 13.6. The number of rotatable bonds is 45. The standard InChI is InChI=1S/C78H114O6/c1-7-13-19-25-31-37-49-76(50-38-32-26-20-14-8-2)64-55-58(73(79)80)43-46-61(64)67-70(76)68-62-47-44-59(74(81)82)56-65(62)77(51-39-33-27-21-15-9-3,52-40-34-28-22-16-10-4)72(68)69-63-48-45-60(75(83)84)57-66(63)78(71(67)69,53-41-35-29-23-17-11-5)54-42-36-30-24-18-12-6/h43-48,55-57H,7-42,49-54H2,1-6H3,(H,79,80)(H,81,82)(H,83,84). The molecule has 7 rings (SSSR count). The van der Waals surface area contributed by atoms with Crippen LogP contribution in [0.2, 0.25) is 0 Å². The van der Waals surface area contributed by atoms with Crippen molar-refractivity contribution in [1.82, 2.24) is 0 Å². The Kier molecular flexibility index (Phi) is 26.6. The van der Waals surface area contributed by atoms with Crippen LogP contribution in [0.15, 0.2) is 54.6 Å². The summed E-state index contributed by atoms with van der Waals surface area (Å²) in [6.45, 7) is 13.7. The zero-order valence-electron chi connectivity index (χ0n) is 54.0. The van der Waals surface area contributed by atoms with Gasteiger partial charge in [-0.05, 0) is 142 Å². The van der Waals surface area contributed by atoms with Gasteiger partial charge in [0.25, 0.3) is 0 Å². The van der Waals surface area contributed by atoms with Crippen LogP contribution in [-0.4, -0.2) is 33.2 Å². The van der Waals surface area contributed by atoms with Crippen LogP contribution in [0.25, 0.3) is 33.4 Å². The fourth-order valence-electron chi connectivity index (χ4n) is 16.4. The first-order valence-electron chi connectivity index (χ1n) is 35.4. The fourth-order valence-corrected chi connectivity index (χ4v) is 16.4.